The summed E-state index contributed by atoms with van der Waals surface area (Å²) < 4.78 is 19.8. The molecule has 0 aromatic heterocycles. The molecule has 136 valence electrons. The van der Waals surface area contributed by atoms with Crippen molar-refractivity contribution in [1.82, 2.24) is 0 Å². The molecule has 1 fully saturated rings. The molecular weight excluding hydrogens is 337 g/mol. The highest BCUT2D eigenvalue weighted by atomic mass is 19.1. The Hall–Kier alpha value is -2.93. The van der Waals surface area contributed by atoms with E-state index in [9.17, 15) is 9.18 Å². The van der Waals surface area contributed by atoms with E-state index in [0.29, 0.717) is 49.0 Å². The molecule has 2 aromatic rings. The number of hydrogen-bond donors (Lipinski definition) is 2. The summed E-state index contributed by atoms with van der Waals surface area (Å²) in [7, 11) is 0. The lowest BCUT2D eigenvalue weighted by molar-refractivity contribution is 0.0697. The van der Waals surface area contributed by atoms with Crippen LogP contribution in [0.25, 0.3) is 0 Å². The number of rotatable bonds is 5. The Labute approximate surface area is 150 Å². The maximum Gasteiger partial charge on any atom is 0.335 e. The van der Waals surface area contributed by atoms with Gasteiger partial charge in [-0.25, -0.2) is 9.18 Å². The summed E-state index contributed by atoms with van der Waals surface area (Å²) in [6.45, 7) is 4.30. The Kier molecular flexibility index (Phi) is 5.48. The lowest BCUT2D eigenvalue weighted by atomic mass is 10.1. The molecule has 6 nitrogen and oxygen atoms in total. The largest absolute Gasteiger partial charge is 0.478 e. The highest BCUT2D eigenvalue weighted by Gasteiger charge is 2.15. The minimum atomic E-state index is -1.00. The number of carboxylic acid groups (broad SMARTS) is 1. The van der Waals surface area contributed by atoms with E-state index in [1.165, 1.54) is 18.2 Å². The molecule has 0 saturated carbocycles. The average molecular weight is 357 g/mol. The Balaban J connectivity index is 1.73. The SMILES string of the molecule is C/C(=N\Nc1cccc(C(=O)O)c1)c1ccc(N2CCOCC2)c(F)c1. The van der Waals surface area contributed by atoms with Crippen molar-refractivity contribution in [2.75, 3.05) is 36.6 Å². The van der Waals surface area contributed by atoms with Crippen LogP contribution in [0.4, 0.5) is 15.8 Å². The van der Waals surface area contributed by atoms with Gasteiger partial charge in [-0.3, -0.25) is 5.43 Å². The number of benzene rings is 2. The monoisotopic (exact) mass is 357 g/mol. The van der Waals surface area contributed by atoms with Crippen molar-refractivity contribution < 1.29 is 19.0 Å². The van der Waals surface area contributed by atoms with Gasteiger partial charge in [-0.05, 0) is 37.3 Å². The molecule has 2 aromatic carbocycles. The Morgan fingerprint density at radius 1 is 1.19 bits per heavy atom. The van der Waals surface area contributed by atoms with Crippen molar-refractivity contribution in [2.24, 2.45) is 5.10 Å². The second-order valence-electron chi connectivity index (χ2n) is 5.96. The van der Waals surface area contributed by atoms with Gasteiger partial charge >= 0.3 is 5.97 Å². The molecule has 7 heteroatoms. The first-order chi connectivity index (χ1) is 12.5. The maximum atomic E-state index is 14.5. The molecule has 0 aliphatic carbocycles. The number of anilines is 2. The number of halogens is 1. The zero-order valence-electron chi connectivity index (χ0n) is 14.4. The molecule has 3 rings (SSSR count). The minimum Gasteiger partial charge on any atom is -0.478 e. The molecule has 0 amide bonds. The highest BCUT2D eigenvalue weighted by Crippen LogP contribution is 2.22. The normalized spacial score (nSPS) is 15.0. The quantitative estimate of drug-likeness (QED) is 0.635. The van der Waals surface area contributed by atoms with E-state index in [2.05, 4.69) is 10.5 Å². The van der Waals surface area contributed by atoms with Crippen molar-refractivity contribution in [3.8, 4) is 0 Å². The van der Waals surface area contributed by atoms with Gasteiger partial charge in [0, 0.05) is 18.7 Å². The van der Waals surface area contributed by atoms with Gasteiger partial charge in [-0.2, -0.15) is 5.10 Å². The fourth-order valence-corrected chi connectivity index (χ4v) is 2.73. The summed E-state index contributed by atoms with van der Waals surface area (Å²) in [6.07, 6.45) is 0. The third kappa shape index (κ3) is 4.18. The van der Waals surface area contributed by atoms with Crippen LogP contribution in [0.2, 0.25) is 0 Å². The molecule has 2 N–H and O–H groups in total. The van der Waals surface area contributed by atoms with Crippen molar-refractivity contribution in [3.05, 3.63) is 59.4 Å². The van der Waals surface area contributed by atoms with Crippen LogP contribution in [0.3, 0.4) is 0 Å². The Morgan fingerprint density at radius 3 is 2.65 bits per heavy atom. The summed E-state index contributed by atoms with van der Waals surface area (Å²) in [6, 6.07) is 11.4. The molecule has 1 heterocycles. The van der Waals surface area contributed by atoms with E-state index in [1.54, 1.807) is 25.1 Å². The van der Waals surface area contributed by atoms with Gasteiger partial charge < -0.3 is 14.7 Å². The summed E-state index contributed by atoms with van der Waals surface area (Å²) in [4.78, 5) is 13.0. The first-order valence-corrected chi connectivity index (χ1v) is 8.31. The third-order valence-corrected chi connectivity index (χ3v) is 4.18. The molecule has 0 radical (unpaired) electrons. The molecule has 1 aliphatic rings. The first-order valence-electron chi connectivity index (χ1n) is 8.31. The standard InChI is InChI=1S/C19H20FN3O3/c1-13(21-22-16-4-2-3-15(11-16)19(24)25)14-5-6-18(17(20)12-14)23-7-9-26-10-8-23/h2-6,11-12,22H,7-10H2,1H3,(H,24,25)/b21-13+. The molecule has 0 atom stereocenters. The van der Waals surface area contributed by atoms with E-state index in [0.717, 1.165) is 0 Å². The number of morpholine rings is 1. The van der Waals surface area contributed by atoms with E-state index < -0.39 is 5.97 Å². The number of hydrazone groups is 1. The van der Waals surface area contributed by atoms with E-state index in [1.807, 2.05) is 11.0 Å². The molecule has 1 aliphatic heterocycles. The molecule has 26 heavy (non-hydrogen) atoms. The predicted octanol–water partition coefficient (Wildman–Crippen LogP) is 3.20. The second-order valence-corrected chi connectivity index (χ2v) is 5.96. The van der Waals surface area contributed by atoms with Gasteiger partial charge in [0.05, 0.1) is 35.9 Å². The van der Waals surface area contributed by atoms with Gasteiger partial charge in [-0.1, -0.05) is 12.1 Å². The molecule has 0 spiro atoms. The Bertz CT molecular complexity index is 833. The number of ether oxygens (including phenoxy) is 1. The van der Waals surface area contributed by atoms with Crippen molar-refractivity contribution in [2.45, 2.75) is 6.92 Å². The van der Waals surface area contributed by atoms with Crippen LogP contribution in [0, 0.1) is 5.82 Å². The number of carbonyl (C=O) groups is 1. The summed E-state index contributed by atoms with van der Waals surface area (Å²) >= 11 is 0. The van der Waals surface area contributed by atoms with Crippen LogP contribution >= 0.6 is 0 Å². The van der Waals surface area contributed by atoms with E-state index in [-0.39, 0.29) is 11.4 Å². The van der Waals surface area contributed by atoms with Crippen molar-refractivity contribution in [1.29, 1.82) is 0 Å². The summed E-state index contributed by atoms with van der Waals surface area (Å²) in [5, 5.41) is 13.2. The predicted molar refractivity (Wildman–Crippen MR) is 98.7 cm³/mol. The van der Waals surface area contributed by atoms with Crippen LogP contribution in [-0.4, -0.2) is 43.1 Å². The van der Waals surface area contributed by atoms with Crippen LogP contribution in [0.5, 0.6) is 0 Å². The van der Waals surface area contributed by atoms with Crippen molar-refractivity contribution in [3.63, 3.8) is 0 Å². The topological polar surface area (TPSA) is 74.2 Å². The van der Waals surface area contributed by atoms with Crippen LogP contribution in [0.15, 0.2) is 47.6 Å². The first kappa shape index (κ1) is 17.9. The molecular formula is C19H20FN3O3. The van der Waals surface area contributed by atoms with Gasteiger partial charge in [0.2, 0.25) is 0 Å². The Morgan fingerprint density at radius 2 is 1.96 bits per heavy atom. The number of aromatic carboxylic acids is 1. The van der Waals surface area contributed by atoms with Gasteiger partial charge in [-0.15, -0.1) is 0 Å². The van der Waals surface area contributed by atoms with E-state index in [4.69, 9.17) is 9.84 Å². The lowest BCUT2D eigenvalue weighted by Gasteiger charge is -2.29. The summed E-state index contributed by atoms with van der Waals surface area (Å²) in [5.74, 6) is -1.30. The zero-order chi connectivity index (χ0) is 18.5. The average Bonchev–Trinajstić information content (AvgIpc) is 2.67. The molecule has 1 saturated heterocycles. The van der Waals surface area contributed by atoms with Gasteiger partial charge in [0.25, 0.3) is 0 Å². The minimum absolute atomic E-state index is 0.170. The maximum absolute atomic E-state index is 14.5. The summed E-state index contributed by atoms with van der Waals surface area (Å²) in [5.41, 5.74) is 5.34. The van der Waals surface area contributed by atoms with E-state index >= 15 is 0 Å². The number of nitrogens with zero attached hydrogens (tertiary/aromatic N) is 2. The second kappa shape index (κ2) is 7.97. The van der Waals surface area contributed by atoms with Crippen LogP contribution in [0.1, 0.15) is 22.8 Å². The number of nitrogens with one attached hydrogen (secondary N) is 1. The smallest absolute Gasteiger partial charge is 0.335 e. The lowest BCUT2D eigenvalue weighted by Crippen LogP contribution is -2.36. The third-order valence-electron chi connectivity index (χ3n) is 4.18. The zero-order valence-corrected chi connectivity index (χ0v) is 14.4. The van der Waals surface area contributed by atoms with Crippen LogP contribution in [-0.2, 0) is 4.74 Å². The highest BCUT2D eigenvalue weighted by molar-refractivity contribution is 5.99. The van der Waals surface area contributed by atoms with Gasteiger partial charge in [0.1, 0.15) is 5.82 Å². The molecule has 0 unspecified atom stereocenters. The fraction of sp³-hybridized carbons (Fsp3) is 0.263. The number of carboxylic acids is 1. The number of hydrogen-bond acceptors (Lipinski definition) is 5. The van der Waals surface area contributed by atoms with Crippen molar-refractivity contribution >= 4 is 23.1 Å². The fourth-order valence-electron chi connectivity index (χ4n) is 2.73. The van der Waals surface area contributed by atoms with Crippen LogP contribution < -0.4 is 10.3 Å². The van der Waals surface area contributed by atoms with Gasteiger partial charge in [0.15, 0.2) is 0 Å². The molecule has 0 bridgehead atoms.